The highest BCUT2D eigenvalue weighted by Gasteiger charge is 2.41. The lowest BCUT2D eigenvalue weighted by molar-refractivity contribution is 0.0892. The fraction of sp³-hybridized carbons (Fsp3) is 0.254. The van der Waals surface area contributed by atoms with Gasteiger partial charge in [0, 0.05) is 43.1 Å². The number of nitriles is 1. The highest BCUT2D eigenvalue weighted by molar-refractivity contribution is 6.45. The maximum absolute atomic E-state index is 16.2. The van der Waals surface area contributed by atoms with E-state index < -0.39 is 11.8 Å². The number of rotatable bonds is 15. The van der Waals surface area contributed by atoms with Crippen LogP contribution in [0.25, 0.3) is 43.1 Å². The van der Waals surface area contributed by atoms with Crippen LogP contribution in [0.2, 0.25) is 0 Å². The van der Waals surface area contributed by atoms with E-state index in [2.05, 4.69) is 113 Å². The summed E-state index contributed by atoms with van der Waals surface area (Å²) in [5, 5.41) is 16.0. The van der Waals surface area contributed by atoms with Crippen molar-refractivity contribution < 1.29 is 28.5 Å². The van der Waals surface area contributed by atoms with Gasteiger partial charge in [-0.05, 0) is 123 Å². The first kappa shape index (κ1) is 52.4. The Labute approximate surface area is 463 Å². The second-order valence-corrected chi connectivity index (χ2v) is 22.8. The minimum Gasteiger partial charge on any atom is -0.456 e. The van der Waals surface area contributed by atoms with Gasteiger partial charge in [0.15, 0.2) is 0 Å². The molecule has 8 heteroatoms. The number of nitrogens with zero attached hydrogens (tertiary/aromatic N) is 2. The SMILES string of the molecule is CC(C)c1ccccc1Oc1ccc2c(C#N)cc(Oc3ccccc3C(C)C)c3c4c(Oc5ccccc5C(C)C)cc5c6c(cc(Oc7ccccc7C(C)C)c(c1c23)c64)C(=O)N(c1c(C(C)C)cccc1C(C)C)C5=O. The molecule has 11 rings (SSSR count). The highest BCUT2D eigenvalue weighted by atomic mass is 16.5. The van der Waals surface area contributed by atoms with Crippen LogP contribution in [0.5, 0.6) is 46.0 Å². The fourth-order valence-electron chi connectivity index (χ4n) is 11.8. The zero-order chi connectivity index (χ0) is 55.7. The largest absolute Gasteiger partial charge is 0.456 e. The van der Waals surface area contributed by atoms with Gasteiger partial charge in [-0.3, -0.25) is 9.59 Å². The van der Waals surface area contributed by atoms with Crippen LogP contribution in [0.3, 0.4) is 0 Å². The normalized spacial score (nSPS) is 12.7. The van der Waals surface area contributed by atoms with Crippen molar-refractivity contribution in [3.63, 3.8) is 0 Å². The molecule has 0 saturated carbocycles. The summed E-state index contributed by atoms with van der Waals surface area (Å²) in [6, 6.07) is 49.8. The molecular formula is C71H66N2O6. The van der Waals surface area contributed by atoms with Crippen molar-refractivity contribution in [3.8, 4) is 52.1 Å². The first-order chi connectivity index (χ1) is 38.0. The Morgan fingerprint density at radius 2 is 0.671 bits per heavy atom. The number of carbonyl (C=O) groups excluding carboxylic acids is 2. The quantitative estimate of drug-likeness (QED) is 0.0573. The second-order valence-electron chi connectivity index (χ2n) is 22.8. The Balaban J connectivity index is 1.40. The Bertz CT molecular complexity index is 3960. The van der Waals surface area contributed by atoms with E-state index in [1.54, 1.807) is 0 Å². The molecule has 0 aromatic heterocycles. The van der Waals surface area contributed by atoms with E-state index in [4.69, 9.17) is 18.9 Å². The van der Waals surface area contributed by atoms with Gasteiger partial charge in [-0.15, -0.1) is 0 Å². The number of anilines is 1. The molecule has 10 aromatic carbocycles. The molecule has 0 saturated heterocycles. The number of benzene rings is 10. The first-order valence-electron chi connectivity index (χ1n) is 27.8. The number of carbonyl (C=O) groups is 2. The molecular weight excluding hydrogens is 977 g/mol. The average molecular weight is 1040 g/mol. The summed E-state index contributed by atoms with van der Waals surface area (Å²) in [5.74, 6) is 3.41. The van der Waals surface area contributed by atoms with Crippen molar-refractivity contribution in [2.45, 2.75) is 119 Å². The van der Waals surface area contributed by atoms with Crippen molar-refractivity contribution in [1.82, 2.24) is 0 Å². The van der Waals surface area contributed by atoms with Crippen LogP contribution in [-0.2, 0) is 0 Å². The van der Waals surface area contributed by atoms with Gasteiger partial charge in [-0.2, -0.15) is 5.26 Å². The molecule has 0 N–H and O–H groups in total. The van der Waals surface area contributed by atoms with Crippen molar-refractivity contribution in [2.75, 3.05) is 4.90 Å². The van der Waals surface area contributed by atoms with Crippen molar-refractivity contribution in [3.05, 3.63) is 196 Å². The lowest BCUT2D eigenvalue weighted by Gasteiger charge is -2.34. The molecule has 1 heterocycles. The lowest BCUT2D eigenvalue weighted by atomic mass is 9.82. The van der Waals surface area contributed by atoms with Crippen LogP contribution in [-0.4, -0.2) is 11.8 Å². The van der Waals surface area contributed by atoms with Gasteiger partial charge in [-0.1, -0.05) is 174 Å². The molecule has 79 heavy (non-hydrogen) atoms. The average Bonchev–Trinajstić information content (AvgIpc) is 2.06. The number of hydrogen-bond donors (Lipinski definition) is 0. The number of amides is 2. The summed E-state index contributed by atoms with van der Waals surface area (Å²) < 4.78 is 29.4. The zero-order valence-corrected chi connectivity index (χ0v) is 47.2. The molecule has 1 aliphatic rings. The van der Waals surface area contributed by atoms with Crippen LogP contribution in [0, 0.1) is 11.3 Å². The molecule has 0 aliphatic carbocycles. The summed E-state index contributed by atoms with van der Waals surface area (Å²) >= 11 is 0. The van der Waals surface area contributed by atoms with Crippen LogP contribution in [0.1, 0.15) is 178 Å². The fourth-order valence-corrected chi connectivity index (χ4v) is 11.8. The van der Waals surface area contributed by atoms with Gasteiger partial charge in [0.05, 0.1) is 28.4 Å². The molecule has 0 fully saturated rings. The number of para-hydroxylation sites is 5. The van der Waals surface area contributed by atoms with Crippen molar-refractivity contribution in [1.29, 1.82) is 5.26 Å². The Hall–Kier alpha value is -8.67. The van der Waals surface area contributed by atoms with Crippen molar-refractivity contribution >= 4 is 60.6 Å². The minimum absolute atomic E-state index is 0.0299. The maximum Gasteiger partial charge on any atom is 0.266 e. The van der Waals surface area contributed by atoms with Crippen LogP contribution < -0.4 is 23.8 Å². The third-order valence-electron chi connectivity index (χ3n) is 15.7. The van der Waals surface area contributed by atoms with E-state index in [9.17, 15) is 5.26 Å². The molecule has 0 spiro atoms. The summed E-state index contributed by atoms with van der Waals surface area (Å²) in [7, 11) is 0. The van der Waals surface area contributed by atoms with Crippen molar-refractivity contribution in [2.24, 2.45) is 0 Å². The van der Waals surface area contributed by atoms with Gasteiger partial charge in [-0.25, -0.2) is 4.90 Å². The Kier molecular flexibility index (Phi) is 13.7. The predicted molar refractivity (Wildman–Crippen MR) is 321 cm³/mol. The molecule has 0 unspecified atom stereocenters. The minimum atomic E-state index is -0.473. The Morgan fingerprint density at radius 3 is 1.05 bits per heavy atom. The summed E-state index contributed by atoms with van der Waals surface area (Å²) in [6.45, 7) is 25.4. The number of imide groups is 1. The molecule has 8 nitrogen and oxygen atoms in total. The standard InChI is InChI=1S/C71H66N2O6/c1-38(2)45-22-13-17-28-54(45)76-58-33-32-51-44(37-72)34-59(77-55-29-18-14-23-46(55)39(3)4)65-63(51)64(58)66-60(78-56-30-19-15-24-47(56)40(5)6)35-52-62-53(36-61(67(65)68(62)66)79-57-31-20-16-25-48(57)41(7)8)71(75)73(70(52)74)69-49(42(9)10)26-21-27-50(69)43(11)12/h13-36,38-43H,1-12H3. The van der Waals surface area contributed by atoms with Gasteiger partial charge in [0.1, 0.15) is 46.0 Å². The van der Waals surface area contributed by atoms with Crippen LogP contribution in [0.4, 0.5) is 5.69 Å². The van der Waals surface area contributed by atoms with E-state index in [1.807, 2.05) is 121 Å². The molecule has 1 aliphatic heterocycles. The highest BCUT2D eigenvalue weighted by Crippen LogP contribution is 2.58. The molecule has 396 valence electrons. The van der Waals surface area contributed by atoms with Crippen LogP contribution in [0.15, 0.2) is 146 Å². The van der Waals surface area contributed by atoms with Gasteiger partial charge >= 0.3 is 0 Å². The van der Waals surface area contributed by atoms with E-state index >= 15 is 9.59 Å². The summed E-state index contributed by atoms with van der Waals surface area (Å²) in [6.07, 6.45) is 0. The molecule has 2 amide bonds. The van der Waals surface area contributed by atoms with Gasteiger partial charge < -0.3 is 18.9 Å². The third kappa shape index (κ3) is 8.86. The topological polar surface area (TPSA) is 98.1 Å². The monoisotopic (exact) mass is 1040 g/mol. The third-order valence-corrected chi connectivity index (χ3v) is 15.7. The maximum atomic E-state index is 16.2. The van der Waals surface area contributed by atoms with Gasteiger partial charge in [0.25, 0.3) is 11.8 Å². The van der Waals surface area contributed by atoms with Gasteiger partial charge in [0.2, 0.25) is 0 Å². The van der Waals surface area contributed by atoms with Crippen LogP contribution >= 0.6 is 0 Å². The van der Waals surface area contributed by atoms with E-state index in [1.165, 1.54) is 4.90 Å². The Morgan fingerprint density at radius 1 is 0.342 bits per heavy atom. The number of hydrogen-bond acceptors (Lipinski definition) is 7. The molecule has 10 aromatic rings. The summed E-state index contributed by atoms with van der Waals surface area (Å²) in [4.78, 5) is 33.9. The zero-order valence-electron chi connectivity index (χ0n) is 47.2. The van der Waals surface area contributed by atoms with E-state index in [-0.39, 0.29) is 35.5 Å². The molecule has 0 atom stereocenters. The molecule has 0 bridgehead atoms. The van der Waals surface area contributed by atoms with E-state index in [0.717, 1.165) is 33.4 Å². The first-order valence-corrected chi connectivity index (χ1v) is 27.8. The number of ether oxygens (including phenoxy) is 4. The molecule has 0 radical (unpaired) electrons. The number of fused-ring (bicyclic) bond motifs is 2. The predicted octanol–water partition coefficient (Wildman–Crippen LogP) is 20.3. The smallest absolute Gasteiger partial charge is 0.266 e. The lowest BCUT2D eigenvalue weighted by Crippen LogP contribution is -2.42. The summed E-state index contributed by atoms with van der Waals surface area (Å²) in [5.41, 5.74) is 7.22. The second kappa shape index (κ2) is 20.6. The van der Waals surface area contributed by atoms with E-state index in [0.29, 0.717) is 111 Å².